The SMILES string of the molecule is CC(O)COc1ccc2c(c1)C(N)CCC2. The highest BCUT2D eigenvalue weighted by atomic mass is 16.5. The Hall–Kier alpha value is -1.06. The van der Waals surface area contributed by atoms with Crippen LogP contribution < -0.4 is 10.5 Å². The van der Waals surface area contributed by atoms with Gasteiger partial charge in [0.15, 0.2) is 0 Å². The lowest BCUT2D eigenvalue weighted by molar-refractivity contribution is 0.122. The molecule has 16 heavy (non-hydrogen) atoms. The molecule has 3 nitrogen and oxygen atoms in total. The van der Waals surface area contributed by atoms with Crippen LogP contribution in [0, 0.1) is 0 Å². The molecule has 88 valence electrons. The van der Waals surface area contributed by atoms with E-state index in [9.17, 15) is 0 Å². The number of rotatable bonds is 3. The number of ether oxygens (including phenoxy) is 1. The summed E-state index contributed by atoms with van der Waals surface area (Å²) in [6.45, 7) is 2.04. The molecular formula is C13H19NO2. The summed E-state index contributed by atoms with van der Waals surface area (Å²) in [5, 5.41) is 9.15. The molecule has 0 fully saturated rings. The van der Waals surface area contributed by atoms with Gasteiger partial charge in [0.25, 0.3) is 0 Å². The highest BCUT2D eigenvalue weighted by molar-refractivity contribution is 5.39. The van der Waals surface area contributed by atoms with Crippen LogP contribution in [-0.2, 0) is 6.42 Å². The maximum atomic E-state index is 9.15. The summed E-state index contributed by atoms with van der Waals surface area (Å²) in [5.74, 6) is 0.803. The third-order valence-electron chi connectivity index (χ3n) is 2.97. The lowest BCUT2D eigenvalue weighted by atomic mass is 9.88. The number of aliphatic hydroxyl groups is 1. The first-order chi connectivity index (χ1) is 7.66. The van der Waals surface area contributed by atoms with Gasteiger partial charge >= 0.3 is 0 Å². The van der Waals surface area contributed by atoms with Crippen LogP contribution in [0.4, 0.5) is 0 Å². The molecule has 2 rings (SSSR count). The van der Waals surface area contributed by atoms with Crippen molar-refractivity contribution in [2.24, 2.45) is 5.73 Å². The molecule has 0 aliphatic heterocycles. The highest BCUT2D eigenvalue weighted by Gasteiger charge is 2.17. The minimum absolute atomic E-state index is 0.138. The van der Waals surface area contributed by atoms with E-state index in [4.69, 9.17) is 15.6 Å². The number of benzene rings is 1. The largest absolute Gasteiger partial charge is 0.491 e. The fourth-order valence-electron chi connectivity index (χ4n) is 2.12. The average molecular weight is 221 g/mol. The minimum atomic E-state index is -0.440. The van der Waals surface area contributed by atoms with Crippen molar-refractivity contribution in [3.8, 4) is 5.75 Å². The molecule has 1 aromatic carbocycles. The molecule has 0 saturated heterocycles. The summed E-state index contributed by atoms with van der Waals surface area (Å²) >= 11 is 0. The van der Waals surface area contributed by atoms with E-state index < -0.39 is 6.10 Å². The van der Waals surface area contributed by atoms with Gasteiger partial charge in [-0.3, -0.25) is 0 Å². The molecule has 2 atom stereocenters. The number of hydrogen-bond donors (Lipinski definition) is 2. The van der Waals surface area contributed by atoms with Gasteiger partial charge in [0.2, 0.25) is 0 Å². The van der Waals surface area contributed by atoms with E-state index >= 15 is 0 Å². The number of nitrogens with two attached hydrogens (primary N) is 1. The Labute approximate surface area is 96.2 Å². The van der Waals surface area contributed by atoms with Crippen LogP contribution in [-0.4, -0.2) is 17.8 Å². The zero-order chi connectivity index (χ0) is 11.5. The molecule has 0 amide bonds. The molecule has 0 saturated carbocycles. The van der Waals surface area contributed by atoms with E-state index in [-0.39, 0.29) is 6.04 Å². The van der Waals surface area contributed by atoms with E-state index in [1.54, 1.807) is 6.92 Å². The number of fused-ring (bicyclic) bond motifs is 1. The lowest BCUT2D eigenvalue weighted by Crippen LogP contribution is -2.18. The Morgan fingerprint density at radius 1 is 1.56 bits per heavy atom. The second-order valence-electron chi connectivity index (χ2n) is 4.52. The summed E-state index contributed by atoms with van der Waals surface area (Å²) in [6, 6.07) is 6.20. The molecule has 1 aliphatic carbocycles. The molecule has 0 spiro atoms. The third kappa shape index (κ3) is 2.54. The van der Waals surface area contributed by atoms with E-state index in [0.29, 0.717) is 6.61 Å². The van der Waals surface area contributed by atoms with Crippen molar-refractivity contribution in [1.82, 2.24) is 0 Å². The summed E-state index contributed by atoms with van der Waals surface area (Å²) in [5.41, 5.74) is 8.61. The van der Waals surface area contributed by atoms with Crippen molar-refractivity contribution in [3.63, 3.8) is 0 Å². The van der Waals surface area contributed by atoms with Gasteiger partial charge in [-0.15, -0.1) is 0 Å². The zero-order valence-electron chi connectivity index (χ0n) is 9.65. The van der Waals surface area contributed by atoms with Crippen molar-refractivity contribution in [1.29, 1.82) is 0 Å². The molecule has 0 bridgehead atoms. The van der Waals surface area contributed by atoms with Gasteiger partial charge in [0, 0.05) is 6.04 Å². The Balaban J connectivity index is 2.14. The molecule has 1 aliphatic rings. The van der Waals surface area contributed by atoms with Crippen molar-refractivity contribution in [2.75, 3.05) is 6.61 Å². The van der Waals surface area contributed by atoms with Gasteiger partial charge in [-0.1, -0.05) is 6.07 Å². The van der Waals surface area contributed by atoms with Gasteiger partial charge in [-0.2, -0.15) is 0 Å². The van der Waals surface area contributed by atoms with Crippen molar-refractivity contribution in [2.45, 2.75) is 38.3 Å². The molecule has 0 heterocycles. The van der Waals surface area contributed by atoms with Gasteiger partial charge in [-0.05, 0) is 49.4 Å². The van der Waals surface area contributed by atoms with E-state index in [1.807, 2.05) is 12.1 Å². The van der Waals surface area contributed by atoms with Gasteiger partial charge in [0.1, 0.15) is 12.4 Å². The van der Waals surface area contributed by atoms with E-state index in [2.05, 4.69) is 6.07 Å². The molecule has 1 aromatic rings. The summed E-state index contributed by atoms with van der Waals surface area (Å²) in [4.78, 5) is 0. The summed E-state index contributed by atoms with van der Waals surface area (Å²) < 4.78 is 5.48. The van der Waals surface area contributed by atoms with Gasteiger partial charge in [0.05, 0.1) is 6.10 Å². The number of hydrogen-bond acceptors (Lipinski definition) is 3. The monoisotopic (exact) mass is 221 g/mol. The van der Waals surface area contributed by atoms with Crippen LogP contribution in [0.1, 0.15) is 36.9 Å². The molecular weight excluding hydrogens is 202 g/mol. The Bertz CT molecular complexity index is 363. The topological polar surface area (TPSA) is 55.5 Å². The molecule has 3 N–H and O–H groups in total. The second kappa shape index (κ2) is 4.85. The number of aryl methyl sites for hydroxylation is 1. The number of aliphatic hydroxyl groups excluding tert-OH is 1. The first-order valence-electron chi connectivity index (χ1n) is 5.86. The van der Waals surface area contributed by atoms with Crippen LogP contribution in [0.25, 0.3) is 0 Å². The zero-order valence-corrected chi connectivity index (χ0v) is 9.65. The average Bonchev–Trinajstić information content (AvgIpc) is 2.27. The van der Waals surface area contributed by atoms with Gasteiger partial charge < -0.3 is 15.6 Å². The highest BCUT2D eigenvalue weighted by Crippen LogP contribution is 2.30. The molecule has 3 heteroatoms. The third-order valence-corrected chi connectivity index (χ3v) is 2.97. The first-order valence-corrected chi connectivity index (χ1v) is 5.86. The Kier molecular flexibility index (Phi) is 3.46. The maximum Gasteiger partial charge on any atom is 0.119 e. The second-order valence-corrected chi connectivity index (χ2v) is 4.52. The van der Waals surface area contributed by atoms with E-state index in [0.717, 1.165) is 18.6 Å². The van der Waals surface area contributed by atoms with Crippen molar-refractivity contribution < 1.29 is 9.84 Å². The predicted molar refractivity (Wildman–Crippen MR) is 63.5 cm³/mol. The Morgan fingerprint density at radius 2 is 2.38 bits per heavy atom. The predicted octanol–water partition coefficient (Wildman–Crippen LogP) is 1.78. The van der Waals surface area contributed by atoms with Gasteiger partial charge in [-0.25, -0.2) is 0 Å². The van der Waals surface area contributed by atoms with E-state index in [1.165, 1.54) is 17.5 Å². The Morgan fingerprint density at radius 3 is 3.12 bits per heavy atom. The van der Waals surface area contributed by atoms with Crippen LogP contribution in [0.5, 0.6) is 5.75 Å². The lowest BCUT2D eigenvalue weighted by Gasteiger charge is -2.23. The molecule has 0 radical (unpaired) electrons. The molecule has 2 unspecified atom stereocenters. The van der Waals surface area contributed by atoms with Crippen LogP contribution in [0.3, 0.4) is 0 Å². The van der Waals surface area contributed by atoms with Crippen LogP contribution in [0.15, 0.2) is 18.2 Å². The minimum Gasteiger partial charge on any atom is -0.491 e. The normalized spacial score (nSPS) is 21.3. The summed E-state index contributed by atoms with van der Waals surface area (Å²) in [7, 11) is 0. The van der Waals surface area contributed by atoms with Crippen molar-refractivity contribution >= 4 is 0 Å². The smallest absolute Gasteiger partial charge is 0.119 e. The maximum absolute atomic E-state index is 9.15. The standard InChI is InChI=1S/C13H19NO2/c1-9(15)8-16-11-6-5-10-3-2-4-13(14)12(10)7-11/h5-7,9,13,15H,2-4,8,14H2,1H3. The first kappa shape index (κ1) is 11.4. The fourth-order valence-corrected chi connectivity index (χ4v) is 2.12. The summed E-state index contributed by atoms with van der Waals surface area (Å²) in [6.07, 6.45) is 2.89. The quantitative estimate of drug-likeness (QED) is 0.818. The molecule has 0 aromatic heterocycles. The van der Waals surface area contributed by atoms with Crippen LogP contribution >= 0.6 is 0 Å². The fraction of sp³-hybridized carbons (Fsp3) is 0.538. The van der Waals surface area contributed by atoms with Crippen molar-refractivity contribution in [3.05, 3.63) is 29.3 Å². The van der Waals surface area contributed by atoms with Crippen LogP contribution in [0.2, 0.25) is 0 Å².